The van der Waals surface area contributed by atoms with Gasteiger partial charge in [-0.2, -0.15) is 0 Å². The number of aromatic amines is 1. The number of rotatable bonds is 5. The van der Waals surface area contributed by atoms with E-state index in [4.69, 9.17) is 5.11 Å². The third kappa shape index (κ3) is 3.13. The lowest BCUT2D eigenvalue weighted by atomic mass is 10.1. The number of aliphatic carboxylic acids is 1. The Bertz CT molecular complexity index is 604. The Kier molecular flexibility index (Phi) is 3.85. The van der Waals surface area contributed by atoms with Crippen molar-refractivity contribution in [3.63, 3.8) is 0 Å². The van der Waals surface area contributed by atoms with Gasteiger partial charge in [-0.3, -0.25) is 9.59 Å². The van der Waals surface area contributed by atoms with Gasteiger partial charge < -0.3 is 15.0 Å². The van der Waals surface area contributed by atoms with Gasteiger partial charge in [-0.15, -0.1) is 0 Å². The Hall–Kier alpha value is -2.30. The van der Waals surface area contributed by atoms with E-state index in [-0.39, 0.29) is 18.7 Å². The van der Waals surface area contributed by atoms with Crippen LogP contribution in [0, 0.1) is 0 Å². The van der Waals surface area contributed by atoms with Crippen LogP contribution in [0.1, 0.15) is 18.4 Å². The number of hydrogen-bond donors (Lipinski definition) is 2. The van der Waals surface area contributed by atoms with Crippen molar-refractivity contribution in [1.29, 1.82) is 0 Å². The number of fused-ring (bicyclic) bond motifs is 1. The van der Waals surface area contributed by atoms with Crippen LogP contribution in [0.15, 0.2) is 30.5 Å². The number of nitrogens with one attached hydrogen (secondary N) is 1. The molecule has 0 atom stereocenters. The summed E-state index contributed by atoms with van der Waals surface area (Å²) in [6, 6.07) is 7.87. The zero-order valence-corrected chi connectivity index (χ0v) is 10.7. The number of aromatic nitrogens is 1. The molecule has 0 fully saturated rings. The standard InChI is InChI=1S/C14H16N2O3/c1-16(13(17)6-7-14(18)19)9-10-8-15-12-5-3-2-4-11(10)12/h2-5,8,15H,6-7,9H2,1H3,(H,18,19). The molecule has 1 aromatic heterocycles. The lowest BCUT2D eigenvalue weighted by Gasteiger charge is -2.16. The molecule has 0 saturated heterocycles. The van der Waals surface area contributed by atoms with Crippen molar-refractivity contribution in [2.24, 2.45) is 0 Å². The number of amides is 1. The van der Waals surface area contributed by atoms with Gasteiger partial charge in [-0.1, -0.05) is 18.2 Å². The largest absolute Gasteiger partial charge is 0.481 e. The fourth-order valence-corrected chi connectivity index (χ4v) is 2.01. The van der Waals surface area contributed by atoms with E-state index in [1.807, 2.05) is 30.5 Å². The fraction of sp³-hybridized carbons (Fsp3) is 0.286. The third-order valence-electron chi connectivity index (χ3n) is 3.06. The first-order chi connectivity index (χ1) is 9.08. The van der Waals surface area contributed by atoms with E-state index in [0.29, 0.717) is 6.54 Å². The maximum Gasteiger partial charge on any atom is 0.303 e. The number of nitrogens with zero attached hydrogens (tertiary/aromatic N) is 1. The summed E-state index contributed by atoms with van der Waals surface area (Å²) in [6.45, 7) is 0.475. The summed E-state index contributed by atoms with van der Waals surface area (Å²) in [4.78, 5) is 26.9. The SMILES string of the molecule is CN(Cc1c[nH]c2ccccc12)C(=O)CCC(=O)O. The van der Waals surface area contributed by atoms with Crippen LogP contribution in [-0.2, 0) is 16.1 Å². The number of carbonyl (C=O) groups excluding carboxylic acids is 1. The quantitative estimate of drug-likeness (QED) is 0.863. The molecule has 2 aromatic rings. The van der Waals surface area contributed by atoms with Gasteiger partial charge in [0, 0.05) is 37.1 Å². The molecule has 1 heterocycles. The first kappa shape index (κ1) is 13.1. The third-order valence-corrected chi connectivity index (χ3v) is 3.06. The normalized spacial score (nSPS) is 10.6. The summed E-state index contributed by atoms with van der Waals surface area (Å²) >= 11 is 0. The Labute approximate surface area is 110 Å². The first-order valence-corrected chi connectivity index (χ1v) is 6.08. The molecule has 0 aliphatic rings. The van der Waals surface area contributed by atoms with E-state index < -0.39 is 5.97 Å². The highest BCUT2D eigenvalue weighted by Gasteiger charge is 2.13. The molecule has 100 valence electrons. The molecule has 19 heavy (non-hydrogen) atoms. The minimum absolute atomic E-state index is 0.0359. The molecular formula is C14H16N2O3. The predicted molar refractivity (Wildman–Crippen MR) is 71.6 cm³/mol. The van der Waals surface area contributed by atoms with Gasteiger partial charge in [0.2, 0.25) is 5.91 Å². The number of benzene rings is 1. The fourth-order valence-electron chi connectivity index (χ4n) is 2.01. The van der Waals surface area contributed by atoms with Gasteiger partial charge >= 0.3 is 5.97 Å². The second kappa shape index (κ2) is 5.56. The van der Waals surface area contributed by atoms with E-state index in [1.54, 1.807) is 11.9 Å². The molecule has 1 amide bonds. The van der Waals surface area contributed by atoms with Crippen LogP contribution in [-0.4, -0.2) is 33.9 Å². The summed E-state index contributed by atoms with van der Waals surface area (Å²) in [7, 11) is 1.69. The number of carboxylic acids is 1. The molecule has 2 rings (SSSR count). The van der Waals surface area contributed by atoms with Crippen molar-refractivity contribution < 1.29 is 14.7 Å². The van der Waals surface area contributed by atoms with Crippen LogP contribution in [0.5, 0.6) is 0 Å². The van der Waals surface area contributed by atoms with Crippen molar-refractivity contribution in [3.05, 3.63) is 36.0 Å². The highest BCUT2D eigenvalue weighted by atomic mass is 16.4. The van der Waals surface area contributed by atoms with Crippen molar-refractivity contribution in [1.82, 2.24) is 9.88 Å². The van der Waals surface area contributed by atoms with E-state index in [1.165, 1.54) is 0 Å². The predicted octanol–water partition coefficient (Wildman–Crippen LogP) is 1.99. The van der Waals surface area contributed by atoms with E-state index in [9.17, 15) is 9.59 Å². The zero-order chi connectivity index (χ0) is 13.8. The molecule has 5 nitrogen and oxygen atoms in total. The molecule has 0 spiro atoms. The monoisotopic (exact) mass is 260 g/mol. The number of hydrogen-bond acceptors (Lipinski definition) is 2. The number of carbonyl (C=O) groups is 2. The second-order valence-electron chi connectivity index (χ2n) is 4.50. The molecule has 0 bridgehead atoms. The highest BCUT2D eigenvalue weighted by molar-refractivity contribution is 5.84. The second-order valence-corrected chi connectivity index (χ2v) is 4.50. The maximum atomic E-state index is 11.8. The first-order valence-electron chi connectivity index (χ1n) is 6.08. The van der Waals surface area contributed by atoms with E-state index >= 15 is 0 Å². The topological polar surface area (TPSA) is 73.4 Å². The minimum Gasteiger partial charge on any atom is -0.481 e. The van der Waals surface area contributed by atoms with Crippen LogP contribution in [0.2, 0.25) is 0 Å². The Morgan fingerprint density at radius 2 is 2.00 bits per heavy atom. The number of H-pyrrole nitrogens is 1. The van der Waals surface area contributed by atoms with Crippen LogP contribution >= 0.6 is 0 Å². The summed E-state index contributed by atoms with van der Waals surface area (Å²) in [6.07, 6.45) is 1.79. The van der Waals surface area contributed by atoms with Crippen LogP contribution in [0.25, 0.3) is 10.9 Å². The summed E-state index contributed by atoms with van der Waals surface area (Å²) < 4.78 is 0. The van der Waals surface area contributed by atoms with Crippen molar-refractivity contribution in [2.75, 3.05) is 7.05 Å². The minimum atomic E-state index is -0.950. The number of para-hydroxylation sites is 1. The molecule has 0 radical (unpaired) electrons. The summed E-state index contributed by atoms with van der Waals surface area (Å²) in [5.41, 5.74) is 2.06. The molecule has 5 heteroatoms. The van der Waals surface area contributed by atoms with Gasteiger partial charge in [-0.05, 0) is 11.6 Å². The van der Waals surface area contributed by atoms with Crippen LogP contribution < -0.4 is 0 Å². The van der Waals surface area contributed by atoms with Gasteiger partial charge in [0.05, 0.1) is 6.42 Å². The van der Waals surface area contributed by atoms with Gasteiger partial charge in [0.25, 0.3) is 0 Å². The Balaban J connectivity index is 2.04. The molecular weight excluding hydrogens is 244 g/mol. The Morgan fingerprint density at radius 3 is 2.74 bits per heavy atom. The molecule has 2 N–H and O–H groups in total. The smallest absolute Gasteiger partial charge is 0.303 e. The molecule has 0 aliphatic carbocycles. The average molecular weight is 260 g/mol. The molecule has 0 saturated carbocycles. The molecule has 1 aromatic carbocycles. The van der Waals surface area contributed by atoms with Gasteiger partial charge in [0.1, 0.15) is 0 Å². The van der Waals surface area contributed by atoms with Gasteiger partial charge in [0.15, 0.2) is 0 Å². The van der Waals surface area contributed by atoms with Crippen molar-refractivity contribution in [3.8, 4) is 0 Å². The van der Waals surface area contributed by atoms with Gasteiger partial charge in [-0.25, -0.2) is 0 Å². The molecule has 0 aliphatic heterocycles. The zero-order valence-electron chi connectivity index (χ0n) is 10.7. The van der Waals surface area contributed by atoms with Crippen LogP contribution in [0.3, 0.4) is 0 Å². The Morgan fingerprint density at radius 1 is 1.26 bits per heavy atom. The average Bonchev–Trinajstić information content (AvgIpc) is 2.79. The lowest BCUT2D eigenvalue weighted by molar-refractivity contribution is -0.140. The number of carboxylic acid groups (broad SMARTS) is 1. The molecule has 0 unspecified atom stereocenters. The van der Waals surface area contributed by atoms with E-state index in [2.05, 4.69) is 4.98 Å². The highest BCUT2D eigenvalue weighted by Crippen LogP contribution is 2.19. The summed E-state index contributed by atoms with van der Waals surface area (Å²) in [5.74, 6) is -1.11. The van der Waals surface area contributed by atoms with E-state index in [0.717, 1.165) is 16.5 Å². The lowest BCUT2D eigenvalue weighted by Crippen LogP contribution is -2.26. The summed E-state index contributed by atoms with van der Waals surface area (Å²) in [5, 5.41) is 9.65. The maximum absolute atomic E-state index is 11.8. The van der Waals surface area contributed by atoms with Crippen molar-refractivity contribution >= 4 is 22.8 Å². The van der Waals surface area contributed by atoms with Crippen LogP contribution in [0.4, 0.5) is 0 Å². The van der Waals surface area contributed by atoms with Crippen molar-refractivity contribution in [2.45, 2.75) is 19.4 Å².